The van der Waals surface area contributed by atoms with E-state index in [4.69, 9.17) is 0 Å². The van der Waals surface area contributed by atoms with Gasteiger partial charge in [0.1, 0.15) is 5.69 Å². The number of thiophene rings is 1. The van der Waals surface area contributed by atoms with Gasteiger partial charge >= 0.3 is 11.4 Å². The van der Waals surface area contributed by atoms with Crippen LogP contribution in [0.25, 0.3) is 10.6 Å². The van der Waals surface area contributed by atoms with E-state index in [1.165, 1.54) is 23.5 Å². The summed E-state index contributed by atoms with van der Waals surface area (Å²) in [5.74, 6) is -1.20. The van der Waals surface area contributed by atoms with Crippen LogP contribution in [0, 0.1) is 10.1 Å². The van der Waals surface area contributed by atoms with Crippen molar-refractivity contribution >= 4 is 29.1 Å². The lowest BCUT2D eigenvalue weighted by Gasteiger charge is -2.02. The highest BCUT2D eigenvalue weighted by Gasteiger charge is 2.13. The molecule has 2 aromatic heterocycles. The first-order chi connectivity index (χ1) is 12.9. The average molecular weight is 385 g/mol. The molecular formula is C16H11N5O5S. The monoisotopic (exact) mass is 385 g/mol. The molecule has 0 bridgehead atoms. The summed E-state index contributed by atoms with van der Waals surface area (Å²) >= 11 is 1.39. The summed E-state index contributed by atoms with van der Waals surface area (Å²) in [5.41, 5.74) is 1.65. The van der Waals surface area contributed by atoms with E-state index < -0.39 is 28.0 Å². The second-order valence-electron chi connectivity index (χ2n) is 5.17. The number of phenols is 1. The maximum absolute atomic E-state index is 12.2. The van der Waals surface area contributed by atoms with E-state index >= 15 is 0 Å². The molecule has 11 heteroatoms. The Morgan fingerprint density at radius 1 is 1.37 bits per heavy atom. The maximum Gasteiger partial charge on any atom is 0.346 e. The van der Waals surface area contributed by atoms with E-state index in [1.807, 2.05) is 5.38 Å². The van der Waals surface area contributed by atoms with Crippen molar-refractivity contribution in [3.05, 3.63) is 73.6 Å². The van der Waals surface area contributed by atoms with Crippen LogP contribution < -0.4 is 11.1 Å². The number of H-pyrrole nitrogens is 1. The molecule has 1 aromatic carbocycles. The molecule has 3 rings (SSSR count). The van der Waals surface area contributed by atoms with Crippen LogP contribution in [0.15, 0.2) is 51.7 Å². The molecule has 0 aliphatic heterocycles. The molecule has 0 saturated heterocycles. The Morgan fingerprint density at radius 2 is 2.19 bits per heavy atom. The number of hydrogen-bond acceptors (Lipinski definition) is 8. The van der Waals surface area contributed by atoms with Crippen LogP contribution in [0.1, 0.15) is 16.1 Å². The molecule has 0 unspecified atom stereocenters. The molecule has 0 aliphatic carbocycles. The highest BCUT2D eigenvalue weighted by atomic mass is 32.1. The normalized spacial score (nSPS) is 10.8. The molecule has 0 fully saturated rings. The van der Waals surface area contributed by atoms with E-state index in [0.29, 0.717) is 5.69 Å². The van der Waals surface area contributed by atoms with Crippen molar-refractivity contribution in [3.8, 4) is 16.3 Å². The molecule has 0 radical (unpaired) electrons. The Kier molecular flexibility index (Phi) is 5.04. The van der Waals surface area contributed by atoms with Gasteiger partial charge in [0.2, 0.25) is 0 Å². The van der Waals surface area contributed by atoms with Gasteiger partial charge in [-0.25, -0.2) is 10.2 Å². The Hall–Kier alpha value is -3.86. The fourth-order valence-electron chi connectivity index (χ4n) is 2.13. The number of rotatable bonds is 5. The minimum absolute atomic E-state index is 0.129. The van der Waals surface area contributed by atoms with Crippen LogP contribution >= 0.6 is 11.3 Å². The SMILES string of the molecule is O=C(N/N=C/c1ccc(O)c([N+](=O)[O-])c1)c1cc(-c2cccs2)[nH]c(=O)n1. The third kappa shape index (κ3) is 4.22. The number of carbonyl (C=O) groups is 1. The number of benzene rings is 1. The molecular weight excluding hydrogens is 374 g/mol. The lowest BCUT2D eigenvalue weighted by atomic mass is 10.2. The lowest BCUT2D eigenvalue weighted by molar-refractivity contribution is -0.385. The molecule has 0 atom stereocenters. The molecule has 0 spiro atoms. The average Bonchev–Trinajstić information content (AvgIpc) is 3.17. The van der Waals surface area contributed by atoms with Crippen molar-refractivity contribution in [2.75, 3.05) is 0 Å². The van der Waals surface area contributed by atoms with Gasteiger partial charge in [0.05, 0.1) is 21.7 Å². The zero-order chi connectivity index (χ0) is 19.4. The van der Waals surface area contributed by atoms with Crippen molar-refractivity contribution in [2.24, 2.45) is 5.10 Å². The number of nitrogens with one attached hydrogen (secondary N) is 2. The summed E-state index contributed by atoms with van der Waals surface area (Å²) in [5, 5.41) is 25.7. The summed E-state index contributed by atoms with van der Waals surface area (Å²) in [6.45, 7) is 0. The van der Waals surface area contributed by atoms with Gasteiger partial charge in [-0.1, -0.05) is 6.07 Å². The fourth-order valence-corrected chi connectivity index (χ4v) is 2.83. The molecule has 0 aliphatic rings. The number of hydrazone groups is 1. The second kappa shape index (κ2) is 7.58. The van der Waals surface area contributed by atoms with Crippen LogP contribution in [-0.2, 0) is 0 Å². The van der Waals surface area contributed by atoms with Crippen molar-refractivity contribution < 1.29 is 14.8 Å². The molecule has 1 amide bonds. The third-order valence-electron chi connectivity index (χ3n) is 3.34. The summed E-state index contributed by atoms with van der Waals surface area (Å²) < 4.78 is 0. The summed E-state index contributed by atoms with van der Waals surface area (Å²) in [6.07, 6.45) is 1.16. The molecule has 0 saturated carbocycles. The standard InChI is InChI=1S/C16H11N5O5S/c22-13-4-3-9(6-12(13)21(25)26)8-17-20-15(23)11-7-10(18-16(24)19-11)14-2-1-5-27-14/h1-8,22H,(H,20,23)(H,18,19,24)/b17-8+. The Labute approximate surface area is 155 Å². The first-order valence-corrected chi connectivity index (χ1v) is 8.28. The highest BCUT2D eigenvalue weighted by Crippen LogP contribution is 2.25. The smallest absolute Gasteiger partial charge is 0.346 e. The molecule has 27 heavy (non-hydrogen) atoms. The Morgan fingerprint density at radius 3 is 2.89 bits per heavy atom. The van der Waals surface area contributed by atoms with Gasteiger partial charge in [-0.05, 0) is 29.6 Å². The van der Waals surface area contributed by atoms with Gasteiger partial charge in [0.25, 0.3) is 5.91 Å². The van der Waals surface area contributed by atoms with Gasteiger partial charge in [0, 0.05) is 11.6 Å². The number of nitrogens with zero attached hydrogens (tertiary/aromatic N) is 3. The number of carbonyl (C=O) groups excluding carboxylic acids is 1. The molecule has 10 nitrogen and oxygen atoms in total. The number of hydrogen-bond donors (Lipinski definition) is 3. The van der Waals surface area contributed by atoms with Crippen molar-refractivity contribution in [1.29, 1.82) is 0 Å². The Balaban J connectivity index is 1.77. The predicted octanol–water partition coefficient (Wildman–Crippen LogP) is 1.88. The fraction of sp³-hybridized carbons (Fsp3) is 0. The lowest BCUT2D eigenvalue weighted by Crippen LogP contribution is -2.24. The van der Waals surface area contributed by atoms with Crippen LogP contribution in [0.2, 0.25) is 0 Å². The minimum atomic E-state index is -0.739. The van der Waals surface area contributed by atoms with Crippen LogP contribution in [0.3, 0.4) is 0 Å². The van der Waals surface area contributed by atoms with E-state index in [0.717, 1.165) is 23.2 Å². The molecule has 3 N–H and O–H groups in total. The summed E-state index contributed by atoms with van der Waals surface area (Å²) in [4.78, 5) is 40.8. The third-order valence-corrected chi connectivity index (χ3v) is 4.24. The number of aromatic amines is 1. The molecule has 2 heterocycles. The van der Waals surface area contributed by atoms with Crippen LogP contribution in [0.5, 0.6) is 5.75 Å². The summed E-state index contributed by atoms with van der Waals surface area (Å²) in [7, 11) is 0. The van der Waals surface area contributed by atoms with Crippen LogP contribution in [0.4, 0.5) is 5.69 Å². The number of aromatic hydroxyl groups is 1. The van der Waals surface area contributed by atoms with Gasteiger partial charge in [-0.3, -0.25) is 14.9 Å². The van der Waals surface area contributed by atoms with Crippen LogP contribution in [-0.4, -0.2) is 32.1 Å². The minimum Gasteiger partial charge on any atom is -0.502 e. The highest BCUT2D eigenvalue weighted by molar-refractivity contribution is 7.13. The zero-order valence-corrected chi connectivity index (χ0v) is 14.3. The van der Waals surface area contributed by atoms with Gasteiger partial charge in [0.15, 0.2) is 5.75 Å². The van der Waals surface area contributed by atoms with Gasteiger partial charge in [-0.15, -0.1) is 11.3 Å². The summed E-state index contributed by atoms with van der Waals surface area (Å²) in [6, 6.07) is 8.65. The quantitative estimate of drug-likeness (QED) is 0.346. The molecule has 3 aromatic rings. The topological polar surface area (TPSA) is 151 Å². The second-order valence-corrected chi connectivity index (χ2v) is 6.11. The number of nitro benzene ring substituents is 1. The predicted molar refractivity (Wildman–Crippen MR) is 98.0 cm³/mol. The van der Waals surface area contributed by atoms with E-state index in [1.54, 1.807) is 12.1 Å². The van der Waals surface area contributed by atoms with Crippen molar-refractivity contribution in [2.45, 2.75) is 0 Å². The molecule has 136 valence electrons. The van der Waals surface area contributed by atoms with Crippen molar-refractivity contribution in [1.82, 2.24) is 15.4 Å². The van der Waals surface area contributed by atoms with Crippen molar-refractivity contribution in [3.63, 3.8) is 0 Å². The number of nitro groups is 1. The van der Waals surface area contributed by atoms with E-state index in [-0.39, 0.29) is 11.3 Å². The number of aromatic nitrogens is 2. The number of phenolic OH excluding ortho intramolecular Hbond substituents is 1. The van der Waals surface area contributed by atoms with Gasteiger partial charge < -0.3 is 10.1 Å². The first-order valence-electron chi connectivity index (χ1n) is 7.40. The number of amides is 1. The Bertz CT molecular complexity index is 1090. The first kappa shape index (κ1) is 17.9. The zero-order valence-electron chi connectivity index (χ0n) is 13.4. The van der Waals surface area contributed by atoms with E-state index in [2.05, 4.69) is 20.5 Å². The van der Waals surface area contributed by atoms with Gasteiger partial charge in [-0.2, -0.15) is 10.1 Å². The maximum atomic E-state index is 12.2. The largest absolute Gasteiger partial charge is 0.502 e. The van der Waals surface area contributed by atoms with E-state index in [9.17, 15) is 24.8 Å².